The number of hydrogen-bond donors (Lipinski definition) is 2. The first kappa shape index (κ1) is 45.7. The predicted molar refractivity (Wildman–Crippen MR) is 248 cm³/mol. The lowest BCUT2D eigenvalue weighted by molar-refractivity contribution is -0.155. The SMILES string of the molecule is C=CC(=O)N1CCC(C(=O)N(C)[C@H](C(=O)N[C@H]2Cc3cccc(c3)-c3ccc4c(c3)c(c3n4[C@@H](C)CO[C@@H](C)c4ncccc4-3)CC(C)(C)COC(=O)[C@@H]3CCCN(N3)C2=O)C(C)C)C1. The molecule has 65 heavy (non-hydrogen) atoms. The van der Waals surface area contributed by atoms with Gasteiger partial charge in [-0.15, -0.1) is 0 Å². The summed E-state index contributed by atoms with van der Waals surface area (Å²) < 4.78 is 14.9. The Hall–Kier alpha value is -5.86. The van der Waals surface area contributed by atoms with Crippen molar-refractivity contribution in [2.24, 2.45) is 17.3 Å². The number of likely N-dealkylation sites (tertiary alicyclic amines) is 1. The van der Waals surface area contributed by atoms with Crippen molar-refractivity contribution in [2.75, 3.05) is 39.9 Å². The first-order valence-corrected chi connectivity index (χ1v) is 23.1. The van der Waals surface area contributed by atoms with Crippen molar-refractivity contribution >= 4 is 40.5 Å². The van der Waals surface area contributed by atoms with Gasteiger partial charge in [0.2, 0.25) is 17.7 Å². The van der Waals surface area contributed by atoms with Crippen LogP contribution in [-0.4, -0.2) is 112 Å². The number of rotatable bonds is 6. The standard InChI is InChI=1S/C51H63N7O7/c1-9-43(59)56-22-19-36(27-56)48(61)55(8)45(30(2)3)47(60)53-41-24-33-13-10-14-34(23-33)35-17-18-42-38(25-35)39(46-37-15-11-20-52-44(37)32(5)64-28-31(4)58(42)46)26-51(6,7)29-65-50(63)40-16-12-21-57(54-40)49(41)62/h9-11,13-15,17-18,20,23,25,30-32,36,40-41,45,54H,1,12,16,19,21-22,24,26-29H2,2-8H3,(H,53,60)/t31-,32-,36?,40-,41-,45-/m0/s1. The molecule has 4 aliphatic heterocycles. The summed E-state index contributed by atoms with van der Waals surface area (Å²) in [7, 11) is 1.61. The molecule has 2 aromatic heterocycles. The summed E-state index contributed by atoms with van der Waals surface area (Å²) in [4.78, 5) is 77.2. The van der Waals surface area contributed by atoms with Gasteiger partial charge in [0.15, 0.2) is 0 Å². The molecule has 0 aliphatic carbocycles. The van der Waals surface area contributed by atoms with E-state index in [1.165, 1.54) is 16.0 Å². The number of hydrazine groups is 1. The Morgan fingerprint density at radius 1 is 1.03 bits per heavy atom. The molecule has 6 atom stereocenters. The second kappa shape index (κ2) is 18.6. The zero-order chi connectivity index (χ0) is 46.3. The topological polar surface area (TPSA) is 155 Å². The third-order valence-corrected chi connectivity index (χ3v) is 13.6. The number of aromatic nitrogens is 2. The van der Waals surface area contributed by atoms with Gasteiger partial charge in [-0.3, -0.25) is 34.0 Å². The highest BCUT2D eigenvalue weighted by molar-refractivity contribution is 5.96. The van der Waals surface area contributed by atoms with Crippen LogP contribution in [0.5, 0.6) is 0 Å². The zero-order valence-corrected chi connectivity index (χ0v) is 38.8. The lowest BCUT2D eigenvalue weighted by Gasteiger charge is -2.37. The third kappa shape index (κ3) is 9.20. The molecule has 2 aromatic carbocycles. The van der Waals surface area contributed by atoms with E-state index in [1.807, 2.05) is 45.2 Å². The zero-order valence-electron chi connectivity index (χ0n) is 38.8. The van der Waals surface area contributed by atoms with E-state index in [0.717, 1.165) is 50.1 Å². The number of benzene rings is 2. The van der Waals surface area contributed by atoms with Crippen molar-refractivity contribution in [1.82, 2.24) is 35.1 Å². The predicted octanol–water partition coefficient (Wildman–Crippen LogP) is 6.19. The quantitative estimate of drug-likeness (QED) is 0.171. The van der Waals surface area contributed by atoms with Gasteiger partial charge in [0, 0.05) is 61.2 Å². The highest BCUT2D eigenvalue weighted by Gasteiger charge is 2.40. The number of ether oxygens (including phenoxy) is 2. The van der Waals surface area contributed by atoms with Gasteiger partial charge < -0.3 is 29.2 Å². The van der Waals surface area contributed by atoms with E-state index in [4.69, 9.17) is 14.5 Å². The molecule has 0 radical (unpaired) electrons. The number of likely N-dealkylation sites (N-methyl/N-ethyl adjacent to an activating group) is 1. The highest BCUT2D eigenvalue weighted by Crippen LogP contribution is 2.44. The monoisotopic (exact) mass is 885 g/mol. The maximum absolute atomic E-state index is 14.7. The van der Waals surface area contributed by atoms with E-state index < -0.39 is 47.2 Å². The second-order valence-electron chi connectivity index (χ2n) is 19.5. The fraction of sp³-hybridized carbons (Fsp3) is 0.490. The second-order valence-corrected chi connectivity index (χ2v) is 19.5. The number of fused-ring (bicyclic) bond motifs is 11. The van der Waals surface area contributed by atoms with Crippen LogP contribution in [0, 0.1) is 17.3 Å². The van der Waals surface area contributed by atoms with Crippen LogP contribution in [0.25, 0.3) is 33.3 Å². The first-order valence-electron chi connectivity index (χ1n) is 23.1. The van der Waals surface area contributed by atoms with Crippen molar-refractivity contribution in [1.29, 1.82) is 0 Å². The number of cyclic esters (lactones) is 1. The summed E-state index contributed by atoms with van der Waals surface area (Å²) in [5.41, 5.74) is 10.6. The lowest BCUT2D eigenvalue weighted by atomic mass is 9.84. The van der Waals surface area contributed by atoms with Crippen molar-refractivity contribution in [3.63, 3.8) is 0 Å². The Balaban J connectivity index is 1.19. The van der Waals surface area contributed by atoms with Crippen LogP contribution in [0.3, 0.4) is 0 Å². The summed E-state index contributed by atoms with van der Waals surface area (Å²) in [5, 5.41) is 5.59. The molecule has 6 bridgehead atoms. The molecule has 8 rings (SSSR count). The minimum Gasteiger partial charge on any atom is -0.464 e. The Labute approximate surface area is 381 Å². The average Bonchev–Trinajstić information content (AvgIpc) is 3.91. The summed E-state index contributed by atoms with van der Waals surface area (Å²) in [6.45, 7) is 17.4. The summed E-state index contributed by atoms with van der Waals surface area (Å²) >= 11 is 0. The minimum absolute atomic E-state index is 0.00747. The summed E-state index contributed by atoms with van der Waals surface area (Å²) in [5.74, 6) is -2.54. The molecule has 14 heteroatoms. The molecule has 4 amide bonds. The van der Waals surface area contributed by atoms with E-state index in [0.29, 0.717) is 45.4 Å². The van der Waals surface area contributed by atoms with Crippen molar-refractivity contribution in [3.05, 3.63) is 90.3 Å². The van der Waals surface area contributed by atoms with Crippen molar-refractivity contribution in [3.8, 4) is 22.4 Å². The number of nitrogens with zero attached hydrogens (tertiary/aromatic N) is 5. The van der Waals surface area contributed by atoms with E-state index in [9.17, 15) is 24.0 Å². The molecule has 344 valence electrons. The fourth-order valence-electron chi connectivity index (χ4n) is 10.3. The van der Waals surface area contributed by atoms with Gasteiger partial charge >= 0.3 is 5.97 Å². The first-order chi connectivity index (χ1) is 31.0. The maximum atomic E-state index is 14.7. The number of amides is 4. The lowest BCUT2D eigenvalue weighted by Crippen LogP contribution is -2.62. The van der Waals surface area contributed by atoms with Crippen LogP contribution in [0.1, 0.15) is 89.8 Å². The van der Waals surface area contributed by atoms with Gasteiger partial charge in [-0.2, -0.15) is 0 Å². The number of hydrogen-bond acceptors (Lipinski definition) is 9. The van der Waals surface area contributed by atoms with Gasteiger partial charge in [0.05, 0.1) is 42.7 Å². The number of carbonyl (C=O) groups excluding carboxylic acids is 5. The Morgan fingerprint density at radius 2 is 1.82 bits per heavy atom. The molecule has 2 N–H and O–H groups in total. The molecular formula is C51H63N7O7. The largest absolute Gasteiger partial charge is 0.464 e. The smallest absolute Gasteiger partial charge is 0.324 e. The van der Waals surface area contributed by atoms with Crippen LogP contribution in [0.2, 0.25) is 0 Å². The number of pyridine rings is 1. The molecule has 0 saturated carbocycles. The average molecular weight is 886 g/mol. The number of esters is 1. The van der Waals surface area contributed by atoms with Crippen LogP contribution in [0.4, 0.5) is 0 Å². The van der Waals surface area contributed by atoms with E-state index >= 15 is 0 Å². The van der Waals surface area contributed by atoms with E-state index in [1.54, 1.807) is 11.9 Å². The molecule has 14 nitrogen and oxygen atoms in total. The Kier molecular flexibility index (Phi) is 13.0. The summed E-state index contributed by atoms with van der Waals surface area (Å²) in [6.07, 6.45) is 5.11. The van der Waals surface area contributed by atoms with Crippen LogP contribution >= 0.6 is 0 Å². The molecule has 0 spiro atoms. The van der Waals surface area contributed by atoms with Crippen molar-refractivity contribution < 1.29 is 33.4 Å². The molecule has 4 aliphatic rings. The third-order valence-electron chi connectivity index (χ3n) is 13.6. The van der Waals surface area contributed by atoms with Gasteiger partial charge in [0.25, 0.3) is 5.91 Å². The van der Waals surface area contributed by atoms with Crippen LogP contribution in [0.15, 0.2) is 73.4 Å². The molecule has 2 fully saturated rings. The van der Waals surface area contributed by atoms with Crippen LogP contribution < -0.4 is 10.7 Å². The van der Waals surface area contributed by atoms with Crippen LogP contribution in [-0.2, 0) is 46.3 Å². The molecule has 4 aromatic rings. The highest BCUT2D eigenvalue weighted by atomic mass is 16.5. The van der Waals surface area contributed by atoms with Crippen molar-refractivity contribution in [2.45, 2.75) is 104 Å². The molecular weight excluding hydrogens is 823 g/mol. The number of carbonyl (C=O) groups is 5. The Morgan fingerprint density at radius 3 is 2.58 bits per heavy atom. The number of nitrogens with one attached hydrogen (secondary N) is 2. The van der Waals surface area contributed by atoms with Gasteiger partial charge in [-0.1, -0.05) is 64.6 Å². The molecule has 1 unspecified atom stereocenters. The Bertz CT molecular complexity index is 2510. The van der Waals surface area contributed by atoms with Gasteiger partial charge in [0.1, 0.15) is 18.1 Å². The maximum Gasteiger partial charge on any atom is 0.324 e. The fourth-order valence-corrected chi connectivity index (χ4v) is 10.3. The molecule has 2 saturated heterocycles. The van der Waals surface area contributed by atoms with E-state index in [2.05, 4.69) is 79.1 Å². The summed E-state index contributed by atoms with van der Waals surface area (Å²) in [6, 6.07) is 16.0. The molecule has 6 heterocycles. The van der Waals surface area contributed by atoms with Gasteiger partial charge in [-0.25, -0.2) is 5.43 Å². The van der Waals surface area contributed by atoms with Gasteiger partial charge in [-0.05, 0) is 98.0 Å². The minimum atomic E-state index is -1.05. The normalized spacial score (nSPS) is 23.9. The van der Waals surface area contributed by atoms with E-state index in [-0.39, 0.29) is 49.5 Å².